The van der Waals surface area contributed by atoms with E-state index in [0.717, 1.165) is 6.08 Å². The molecule has 0 aliphatic heterocycles. The van der Waals surface area contributed by atoms with Gasteiger partial charge in [-0.3, -0.25) is 4.79 Å². The number of benzene rings is 1. The summed E-state index contributed by atoms with van der Waals surface area (Å²) in [7, 11) is 0. The Hall–Kier alpha value is -4.17. The van der Waals surface area contributed by atoms with E-state index in [0.29, 0.717) is 5.56 Å². The zero-order valence-corrected chi connectivity index (χ0v) is 27.1. The van der Waals surface area contributed by atoms with Crippen LogP contribution in [-0.2, 0) is 28.7 Å². The van der Waals surface area contributed by atoms with E-state index in [1.165, 1.54) is 33.8 Å². The maximum atomic E-state index is 13.6. The average Bonchev–Trinajstić information content (AvgIpc) is 2.95. The number of rotatable bonds is 9. The van der Waals surface area contributed by atoms with E-state index < -0.39 is 113 Å². The molecule has 260 valence electrons. The average molecular weight is 668 g/mol. The minimum atomic E-state index is -3.19. The highest BCUT2D eigenvalue weighted by Crippen LogP contribution is 2.70. The van der Waals surface area contributed by atoms with Gasteiger partial charge in [-0.25, -0.2) is 4.79 Å². The van der Waals surface area contributed by atoms with Crippen LogP contribution in [0, 0.1) is 16.7 Å². The number of carboxylic acid groups (broad SMARTS) is 3. The van der Waals surface area contributed by atoms with Gasteiger partial charge in [0, 0.05) is 66.4 Å². The van der Waals surface area contributed by atoms with Gasteiger partial charge in [0.25, 0.3) is 0 Å². The minimum absolute atomic E-state index is 0.242. The van der Waals surface area contributed by atoms with Gasteiger partial charge in [-0.1, -0.05) is 57.7 Å². The summed E-state index contributed by atoms with van der Waals surface area (Å²) in [6.07, 6.45) is -4.79. The molecule has 0 amide bonds. The normalized spacial score (nSPS) is 36.2. The van der Waals surface area contributed by atoms with Gasteiger partial charge in [0.05, 0.1) is 0 Å². The van der Waals surface area contributed by atoms with Crippen LogP contribution in [0.15, 0.2) is 59.7 Å². The molecule has 4 rings (SSSR count). The molecule has 2 fully saturated rings. The molecule has 4 N–H and O–H groups in total. The maximum absolute atomic E-state index is 13.6. The van der Waals surface area contributed by atoms with E-state index in [4.69, 9.17) is 4.74 Å². The molecule has 1 aromatic rings. The Labute approximate surface area is 276 Å². The number of esters is 1. The third kappa shape index (κ3) is 5.29. The van der Waals surface area contributed by atoms with Crippen LogP contribution in [0.25, 0.3) is 6.08 Å². The van der Waals surface area contributed by atoms with Crippen molar-refractivity contribution in [2.75, 3.05) is 0 Å². The van der Waals surface area contributed by atoms with Gasteiger partial charge in [0.15, 0.2) is 5.78 Å². The van der Waals surface area contributed by atoms with Crippen molar-refractivity contribution in [3.05, 3.63) is 65.3 Å². The molecule has 0 aromatic heterocycles. The first-order valence-corrected chi connectivity index (χ1v) is 15.4. The molecule has 0 saturated heterocycles. The van der Waals surface area contributed by atoms with Crippen LogP contribution in [0.4, 0.5) is 0 Å². The Bertz CT molecular complexity index is 1630. The van der Waals surface area contributed by atoms with Crippen LogP contribution in [0.5, 0.6) is 0 Å². The van der Waals surface area contributed by atoms with Crippen LogP contribution < -0.4 is 15.3 Å². The third-order valence-corrected chi connectivity index (χ3v) is 11.1. The van der Waals surface area contributed by atoms with E-state index in [1.54, 1.807) is 30.3 Å². The number of hydrogen-bond donors (Lipinski definition) is 4. The fraction of sp³-hybridized carbons (Fsp3) is 0.514. The molecule has 7 atom stereocenters. The lowest BCUT2D eigenvalue weighted by atomic mass is 9.37. The molecule has 3 aliphatic rings. The van der Waals surface area contributed by atoms with Gasteiger partial charge in [-0.2, -0.15) is 0 Å². The lowest BCUT2D eigenvalue weighted by Gasteiger charge is -2.71. The largest absolute Gasteiger partial charge is 0.550 e. The van der Waals surface area contributed by atoms with Crippen molar-refractivity contribution in [3.8, 4) is 0 Å². The smallest absolute Gasteiger partial charge is 0.331 e. The molecular weight excluding hydrogens is 628 g/mol. The third-order valence-electron chi connectivity index (χ3n) is 11.1. The molecule has 0 spiro atoms. The van der Waals surface area contributed by atoms with E-state index in [-0.39, 0.29) is 17.6 Å². The molecule has 13 nitrogen and oxygen atoms in total. The molecule has 1 aromatic carbocycles. The van der Waals surface area contributed by atoms with E-state index >= 15 is 0 Å². The number of Topliss-reactive ketones (excluding diaryl/α,β-unsaturated/α-hetero) is 1. The topological polar surface area (TPSA) is 245 Å². The molecular formula is C35H39O13-3. The van der Waals surface area contributed by atoms with Crippen molar-refractivity contribution in [1.82, 2.24) is 0 Å². The summed E-state index contributed by atoms with van der Waals surface area (Å²) in [5, 5.41) is 87.8. The Morgan fingerprint density at radius 1 is 0.938 bits per heavy atom. The number of aliphatic carboxylic acids is 3. The predicted octanol–water partition coefficient (Wildman–Crippen LogP) is -1.74. The summed E-state index contributed by atoms with van der Waals surface area (Å²) >= 11 is 0. The zero-order valence-electron chi connectivity index (χ0n) is 27.1. The highest BCUT2D eigenvalue weighted by molar-refractivity contribution is 5.99. The quantitative estimate of drug-likeness (QED) is 0.130. The zero-order chi connectivity index (χ0) is 36.3. The summed E-state index contributed by atoms with van der Waals surface area (Å²) in [4.78, 5) is 63.6. The Morgan fingerprint density at radius 2 is 1.50 bits per heavy atom. The molecule has 0 radical (unpaired) electrons. The fourth-order valence-corrected chi connectivity index (χ4v) is 8.99. The van der Waals surface area contributed by atoms with Gasteiger partial charge in [0.1, 0.15) is 28.5 Å². The van der Waals surface area contributed by atoms with Gasteiger partial charge < -0.3 is 54.9 Å². The Kier molecular flexibility index (Phi) is 9.21. The second-order valence-electron chi connectivity index (χ2n) is 14.0. The molecule has 2 saturated carbocycles. The Balaban J connectivity index is 2.05. The van der Waals surface area contributed by atoms with Gasteiger partial charge in [-0.15, -0.1) is 0 Å². The van der Waals surface area contributed by atoms with Crippen LogP contribution in [-0.4, -0.2) is 78.6 Å². The highest BCUT2D eigenvalue weighted by atomic mass is 16.5. The van der Waals surface area contributed by atoms with Gasteiger partial charge in [0.2, 0.25) is 0 Å². The second-order valence-corrected chi connectivity index (χ2v) is 14.0. The number of carbonyl (C=O) groups is 5. The van der Waals surface area contributed by atoms with Gasteiger partial charge in [-0.05, 0) is 48.1 Å². The van der Waals surface area contributed by atoms with Crippen molar-refractivity contribution >= 4 is 35.7 Å². The number of ketones is 1. The fourth-order valence-electron chi connectivity index (χ4n) is 8.99. The number of ether oxygens (including phenoxy) is 1. The monoisotopic (exact) mass is 667 g/mol. The van der Waals surface area contributed by atoms with Gasteiger partial charge >= 0.3 is 5.97 Å². The van der Waals surface area contributed by atoms with E-state index in [9.17, 15) is 59.7 Å². The lowest BCUT2D eigenvalue weighted by Crippen LogP contribution is -2.81. The summed E-state index contributed by atoms with van der Waals surface area (Å²) in [5.74, 6) is -9.70. The van der Waals surface area contributed by atoms with Crippen molar-refractivity contribution in [2.45, 2.75) is 94.7 Å². The van der Waals surface area contributed by atoms with Crippen LogP contribution in [0.1, 0.15) is 71.8 Å². The van der Waals surface area contributed by atoms with Crippen molar-refractivity contribution in [3.63, 3.8) is 0 Å². The highest BCUT2D eigenvalue weighted by Gasteiger charge is 2.78. The standard InChI is InChI=1S/C35H42O13/c1-19-22(36)15-34(46)30(3,4)28(19)32(44,16-24(37)38)35(47,18-26(41)42)31(5)14-13-23(20(2)29(31)33(34,45)17-25(39)40)48-27(43)12-11-21-9-7-6-8-10-21/h6-12,23,29,44-47H,2,13-18H2,1,3-5H3,(H,37,38)(H,39,40)(H,41,42)/p-3/b12-11+/t23-,29+,31+,32+,33-,34-,35+/m0/s1. The van der Waals surface area contributed by atoms with Crippen LogP contribution >= 0.6 is 0 Å². The molecule has 0 unspecified atom stereocenters. The SMILES string of the molecule is C=C1[C@@H](OC(=O)/C=C/c2ccccc2)CC[C@]2(C)[C@@H]1[C@@](O)(CC(=O)[O-])[C@]1(O)CC(=O)C(C)=C(C1(C)C)[C@](O)(CC(=O)[O-])[C@@]2(O)CC(=O)[O-]. The summed E-state index contributed by atoms with van der Waals surface area (Å²) in [6.45, 7) is 8.71. The number of carbonyl (C=O) groups excluding carboxylic acids is 5. The molecule has 2 bridgehead atoms. The summed E-state index contributed by atoms with van der Waals surface area (Å²) in [6, 6.07) is 8.68. The van der Waals surface area contributed by atoms with Crippen LogP contribution in [0.3, 0.4) is 0 Å². The molecule has 13 heteroatoms. The number of carboxylic acids is 3. The van der Waals surface area contributed by atoms with Crippen molar-refractivity contribution in [1.29, 1.82) is 0 Å². The second kappa shape index (κ2) is 12.1. The molecule has 0 heterocycles. The van der Waals surface area contributed by atoms with Crippen molar-refractivity contribution < 1.29 is 64.5 Å². The van der Waals surface area contributed by atoms with Crippen LogP contribution in [0.2, 0.25) is 0 Å². The predicted molar refractivity (Wildman–Crippen MR) is 160 cm³/mol. The number of aliphatic hydroxyl groups is 4. The lowest BCUT2D eigenvalue weighted by molar-refractivity contribution is -0.346. The summed E-state index contributed by atoms with van der Waals surface area (Å²) < 4.78 is 5.65. The maximum Gasteiger partial charge on any atom is 0.331 e. The van der Waals surface area contributed by atoms with E-state index in [2.05, 4.69) is 6.58 Å². The Morgan fingerprint density at radius 3 is 2.04 bits per heavy atom. The first kappa shape index (κ1) is 36.7. The summed E-state index contributed by atoms with van der Waals surface area (Å²) in [5.41, 5.74) is -17.3. The number of fused-ring (bicyclic) bond motifs is 3. The number of hydrogen-bond acceptors (Lipinski definition) is 13. The molecule has 48 heavy (non-hydrogen) atoms. The van der Waals surface area contributed by atoms with E-state index in [1.807, 2.05) is 0 Å². The first-order valence-electron chi connectivity index (χ1n) is 15.4. The molecule has 3 aliphatic carbocycles. The minimum Gasteiger partial charge on any atom is -0.550 e. The first-order chi connectivity index (χ1) is 22.0. The van der Waals surface area contributed by atoms with Crippen molar-refractivity contribution in [2.24, 2.45) is 16.7 Å². The number of allylic oxidation sites excluding steroid dienone is 1.